The summed E-state index contributed by atoms with van der Waals surface area (Å²) < 4.78 is 34.5. The van der Waals surface area contributed by atoms with Crippen molar-refractivity contribution in [3.05, 3.63) is 125 Å². The highest BCUT2D eigenvalue weighted by Gasteiger charge is 2.28. The van der Waals surface area contributed by atoms with E-state index in [-0.39, 0.29) is 30.2 Å². The van der Waals surface area contributed by atoms with Crippen LogP contribution in [0.2, 0.25) is 5.02 Å². The first-order valence-electron chi connectivity index (χ1n) is 11.7. The molecule has 0 radical (unpaired) electrons. The Labute approximate surface area is 222 Å². The largest absolute Gasteiger partial charge is 0.492 e. The van der Waals surface area contributed by atoms with E-state index in [0.29, 0.717) is 16.5 Å². The molecule has 0 atom stereocenters. The van der Waals surface area contributed by atoms with E-state index < -0.39 is 15.9 Å². The van der Waals surface area contributed by atoms with Crippen LogP contribution >= 0.6 is 11.6 Å². The van der Waals surface area contributed by atoms with Crippen LogP contribution in [0.5, 0.6) is 5.75 Å². The van der Waals surface area contributed by atoms with Gasteiger partial charge in [-0.15, -0.1) is 0 Å². The average molecular weight is 535 g/mol. The molecule has 4 aromatic carbocycles. The van der Waals surface area contributed by atoms with E-state index in [1.165, 1.54) is 4.31 Å². The molecule has 0 unspecified atom stereocenters. The Balaban J connectivity index is 1.56. The first-order chi connectivity index (χ1) is 17.9. The molecule has 1 amide bonds. The van der Waals surface area contributed by atoms with Gasteiger partial charge in [0.2, 0.25) is 0 Å². The van der Waals surface area contributed by atoms with Gasteiger partial charge in [-0.2, -0.15) is 0 Å². The summed E-state index contributed by atoms with van der Waals surface area (Å²) in [7, 11) is -3.96. The molecule has 0 aliphatic rings. The second-order valence-corrected chi connectivity index (χ2v) is 10.6. The molecule has 0 fully saturated rings. The van der Waals surface area contributed by atoms with Crippen LogP contribution in [0.4, 0.5) is 5.69 Å². The van der Waals surface area contributed by atoms with Crippen molar-refractivity contribution in [1.82, 2.24) is 5.32 Å². The normalized spacial score (nSPS) is 11.1. The lowest BCUT2D eigenvalue weighted by Crippen LogP contribution is -2.34. The number of anilines is 1. The van der Waals surface area contributed by atoms with E-state index in [9.17, 15) is 13.2 Å². The number of nitrogens with zero attached hydrogens (tertiary/aromatic N) is 1. The summed E-state index contributed by atoms with van der Waals surface area (Å²) in [5.41, 5.74) is 2.28. The zero-order valence-electron chi connectivity index (χ0n) is 20.3. The van der Waals surface area contributed by atoms with Gasteiger partial charge in [-0.25, -0.2) is 8.42 Å². The highest BCUT2D eigenvalue weighted by Crippen LogP contribution is 2.29. The average Bonchev–Trinajstić information content (AvgIpc) is 2.92. The van der Waals surface area contributed by atoms with Crippen LogP contribution in [0.25, 0.3) is 0 Å². The van der Waals surface area contributed by atoms with E-state index >= 15 is 0 Å². The number of hydrogen-bond acceptors (Lipinski definition) is 4. The zero-order chi connectivity index (χ0) is 26.3. The maximum Gasteiger partial charge on any atom is 0.264 e. The fraction of sp³-hybridized carbons (Fsp3) is 0.138. The number of hydrogen-bond donors (Lipinski definition) is 1. The summed E-state index contributed by atoms with van der Waals surface area (Å²) in [6.07, 6.45) is 0. The molecule has 8 heteroatoms. The lowest BCUT2D eigenvalue weighted by atomic mass is 10.1. The van der Waals surface area contributed by atoms with Crippen LogP contribution in [-0.4, -0.2) is 27.5 Å². The molecule has 6 nitrogen and oxygen atoms in total. The third-order valence-corrected chi connectivity index (χ3v) is 7.90. The van der Waals surface area contributed by atoms with Gasteiger partial charge in [0.15, 0.2) is 0 Å². The molecule has 0 heterocycles. The summed E-state index contributed by atoms with van der Waals surface area (Å²) in [6.45, 7) is 2.43. The minimum absolute atomic E-state index is 0.0691. The Morgan fingerprint density at radius 3 is 2.24 bits per heavy atom. The first kappa shape index (κ1) is 26.3. The Bertz CT molecular complexity index is 1460. The monoisotopic (exact) mass is 534 g/mol. The smallest absolute Gasteiger partial charge is 0.264 e. The van der Waals surface area contributed by atoms with Gasteiger partial charge in [0.1, 0.15) is 12.4 Å². The number of halogens is 1. The van der Waals surface area contributed by atoms with E-state index in [1.54, 1.807) is 60.7 Å². The third kappa shape index (κ3) is 6.50. The molecular formula is C29H27ClN2O4S. The third-order valence-electron chi connectivity index (χ3n) is 5.72. The fourth-order valence-electron chi connectivity index (χ4n) is 3.74. The van der Waals surface area contributed by atoms with Crippen molar-refractivity contribution in [3.8, 4) is 5.75 Å². The van der Waals surface area contributed by atoms with Crippen molar-refractivity contribution in [2.75, 3.05) is 17.5 Å². The second kappa shape index (κ2) is 12.0. The summed E-state index contributed by atoms with van der Waals surface area (Å²) in [5, 5.41) is 3.43. The van der Waals surface area contributed by atoms with Crippen LogP contribution in [0.3, 0.4) is 0 Å². The van der Waals surface area contributed by atoms with Gasteiger partial charge in [-0.05, 0) is 54.4 Å². The molecular weight excluding hydrogens is 508 g/mol. The molecule has 0 aromatic heterocycles. The summed E-state index contributed by atoms with van der Waals surface area (Å²) >= 11 is 6.14. The minimum atomic E-state index is -3.96. The predicted octanol–water partition coefficient (Wildman–Crippen LogP) is 5.85. The van der Waals surface area contributed by atoms with E-state index in [0.717, 1.165) is 11.1 Å². The van der Waals surface area contributed by atoms with Crippen molar-refractivity contribution in [1.29, 1.82) is 0 Å². The van der Waals surface area contributed by atoms with E-state index in [2.05, 4.69) is 5.32 Å². The molecule has 0 bridgehead atoms. The number of ether oxygens (including phenoxy) is 1. The van der Waals surface area contributed by atoms with Crippen LogP contribution in [-0.2, 0) is 16.6 Å². The summed E-state index contributed by atoms with van der Waals surface area (Å²) in [5.74, 6) is 0.204. The van der Waals surface area contributed by atoms with Crippen LogP contribution in [0, 0.1) is 6.92 Å². The molecule has 0 aliphatic heterocycles. The highest BCUT2D eigenvalue weighted by atomic mass is 35.5. The van der Waals surface area contributed by atoms with Gasteiger partial charge in [0.05, 0.1) is 29.2 Å². The quantitative estimate of drug-likeness (QED) is 0.259. The number of benzene rings is 4. The summed E-state index contributed by atoms with van der Waals surface area (Å²) in [6, 6.07) is 29.6. The molecule has 4 aromatic rings. The number of rotatable bonds is 10. The van der Waals surface area contributed by atoms with Crippen molar-refractivity contribution in [3.63, 3.8) is 0 Å². The number of aryl methyl sites for hydroxylation is 1. The maximum absolute atomic E-state index is 13.7. The highest BCUT2D eigenvalue weighted by molar-refractivity contribution is 7.92. The molecule has 4 rings (SSSR count). The number of carbonyl (C=O) groups is 1. The van der Waals surface area contributed by atoms with E-state index in [4.69, 9.17) is 16.3 Å². The standard InChI is InChI=1S/C29H27ClN2O4S/c1-22-16-17-24(20-27(22)30)36-19-18-31-29(33)26-14-8-9-15-28(26)32(21-23-10-4-2-5-11-23)37(34,35)25-12-6-3-7-13-25/h2-17,20H,18-19,21H2,1H3,(H,31,33). The molecule has 37 heavy (non-hydrogen) atoms. The van der Waals surface area contributed by atoms with Gasteiger partial charge in [-0.1, -0.05) is 78.3 Å². The molecule has 1 N–H and O–H groups in total. The Kier molecular flexibility index (Phi) is 8.48. The van der Waals surface area contributed by atoms with Gasteiger partial charge in [0.25, 0.3) is 15.9 Å². The molecule has 0 aliphatic carbocycles. The number of nitrogens with one attached hydrogen (secondary N) is 1. The van der Waals surface area contributed by atoms with Gasteiger partial charge in [0, 0.05) is 5.02 Å². The topological polar surface area (TPSA) is 75.7 Å². The lowest BCUT2D eigenvalue weighted by molar-refractivity contribution is 0.0947. The van der Waals surface area contributed by atoms with Crippen molar-refractivity contribution < 1.29 is 17.9 Å². The van der Waals surface area contributed by atoms with Crippen LogP contribution in [0.15, 0.2) is 108 Å². The van der Waals surface area contributed by atoms with Gasteiger partial charge < -0.3 is 10.1 Å². The summed E-state index contributed by atoms with van der Waals surface area (Å²) in [4.78, 5) is 13.3. The zero-order valence-corrected chi connectivity index (χ0v) is 21.9. The Morgan fingerprint density at radius 2 is 1.54 bits per heavy atom. The van der Waals surface area contributed by atoms with Crippen LogP contribution in [0.1, 0.15) is 21.5 Å². The Morgan fingerprint density at radius 1 is 0.892 bits per heavy atom. The van der Waals surface area contributed by atoms with Gasteiger partial charge in [-0.3, -0.25) is 9.10 Å². The first-order valence-corrected chi connectivity index (χ1v) is 13.6. The molecule has 190 valence electrons. The number of para-hydroxylation sites is 1. The van der Waals surface area contributed by atoms with E-state index in [1.807, 2.05) is 49.4 Å². The molecule has 0 spiro atoms. The van der Waals surface area contributed by atoms with Crippen molar-refractivity contribution >= 4 is 33.2 Å². The SMILES string of the molecule is Cc1ccc(OCCNC(=O)c2ccccc2N(Cc2ccccc2)S(=O)(=O)c2ccccc2)cc1Cl. The lowest BCUT2D eigenvalue weighted by Gasteiger charge is -2.26. The number of amides is 1. The number of carbonyl (C=O) groups excluding carboxylic acids is 1. The molecule has 0 saturated carbocycles. The maximum atomic E-state index is 13.7. The minimum Gasteiger partial charge on any atom is -0.492 e. The van der Waals surface area contributed by atoms with Crippen molar-refractivity contribution in [2.24, 2.45) is 0 Å². The fourth-order valence-corrected chi connectivity index (χ4v) is 5.41. The number of sulfonamides is 1. The Hall–Kier alpha value is -3.81. The predicted molar refractivity (Wildman–Crippen MR) is 147 cm³/mol. The second-order valence-electron chi connectivity index (χ2n) is 8.34. The van der Waals surface area contributed by atoms with Crippen LogP contribution < -0.4 is 14.4 Å². The molecule has 0 saturated heterocycles. The van der Waals surface area contributed by atoms with Gasteiger partial charge >= 0.3 is 0 Å². The van der Waals surface area contributed by atoms with Crippen molar-refractivity contribution in [2.45, 2.75) is 18.4 Å².